The number of hydrogen-bond acceptors (Lipinski definition) is 4. The van der Waals surface area contributed by atoms with Gasteiger partial charge in [-0.25, -0.2) is 0 Å². The summed E-state index contributed by atoms with van der Waals surface area (Å²) in [6.45, 7) is 0. The minimum atomic E-state index is -4.70. The van der Waals surface area contributed by atoms with E-state index < -0.39 is 6.36 Å². The zero-order chi connectivity index (χ0) is 14.6. The van der Waals surface area contributed by atoms with E-state index in [2.05, 4.69) is 15.0 Å². The first-order valence-corrected chi connectivity index (χ1v) is 5.55. The van der Waals surface area contributed by atoms with Gasteiger partial charge in [-0.2, -0.15) is 10.2 Å². The summed E-state index contributed by atoms with van der Waals surface area (Å²) in [6.07, 6.45) is -4.70. The molecule has 20 heavy (non-hydrogen) atoms. The summed E-state index contributed by atoms with van der Waals surface area (Å²) >= 11 is 0. The molecule has 0 saturated heterocycles. The second kappa shape index (κ2) is 5.60. The lowest BCUT2D eigenvalue weighted by atomic mass is 10.3. The number of alkyl halides is 3. The summed E-state index contributed by atoms with van der Waals surface area (Å²) in [5.41, 5.74) is 7.14. The summed E-state index contributed by atoms with van der Waals surface area (Å²) in [6, 6.07) is 11.8. The number of benzene rings is 2. The number of nitrogens with two attached hydrogens (primary N) is 1. The van der Waals surface area contributed by atoms with Gasteiger partial charge >= 0.3 is 6.36 Å². The molecule has 2 aromatic carbocycles. The maximum absolute atomic E-state index is 12.0. The predicted octanol–water partition coefficient (Wildman–Crippen LogP) is 4.58. The molecule has 0 atom stereocenters. The van der Waals surface area contributed by atoms with Crippen LogP contribution in [-0.2, 0) is 0 Å². The van der Waals surface area contributed by atoms with Crippen LogP contribution in [0.15, 0.2) is 58.8 Å². The molecule has 2 N–H and O–H groups in total. The van der Waals surface area contributed by atoms with Crippen LogP contribution in [0.2, 0.25) is 0 Å². The van der Waals surface area contributed by atoms with Crippen molar-refractivity contribution in [1.82, 2.24) is 0 Å². The van der Waals surface area contributed by atoms with Crippen LogP contribution >= 0.6 is 0 Å². The number of halogens is 3. The molecule has 4 nitrogen and oxygen atoms in total. The molecule has 0 unspecified atom stereocenters. The highest BCUT2D eigenvalue weighted by atomic mass is 19.4. The summed E-state index contributed by atoms with van der Waals surface area (Å²) in [5, 5.41) is 7.82. The Morgan fingerprint density at radius 1 is 0.800 bits per heavy atom. The average molecular weight is 281 g/mol. The number of hydrogen-bond donors (Lipinski definition) is 1. The molecule has 0 aliphatic rings. The summed E-state index contributed by atoms with van der Waals surface area (Å²) in [5.74, 6) is -0.302. The summed E-state index contributed by atoms with van der Waals surface area (Å²) in [7, 11) is 0. The van der Waals surface area contributed by atoms with E-state index in [1.807, 2.05) is 0 Å². The van der Waals surface area contributed by atoms with E-state index in [1.54, 1.807) is 24.3 Å². The lowest BCUT2D eigenvalue weighted by molar-refractivity contribution is -0.274. The van der Waals surface area contributed by atoms with Crippen molar-refractivity contribution in [3.8, 4) is 5.75 Å². The molecule has 0 amide bonds. The first-order chi connectivity index (χ1) is 9.42. The van der Waals surface area contributed by atoms with Crippen molar-refractivity contribution in [2.24, 2.45) is 10.2 Å². The molecule has 0 saturated carbocycles. The van der Waals surface area contributed by atoms with E-state index in [4.69, 9.17) is 5.73 Å². The number of ether oxygens (including phenoxy) is 1. The molecule has 0 heterocycles. The first-order valence-electron chi connectivity index (χ1n) is 5.55. The second-order valence-corrected chi connectivity index (χ2v) is 3.83. The third-order valence-corrected chi connectivity index (χ3v) is 2.24. The molecule has 0 radical (unpaired) electrons. The van der Waals surface area contributed by atoms with Crippen molar-refractivity contribution >= 4 is 17.1 Å². The molecule has 2 aromatic rings. The number of nitrogen functional groups attached to an aromatic ring is 1. The van der Waals surface area contributed by atoms with Gasteiger partial charge < -0.3 is 10.5 Å². The molecule has 0 aliphatic heterocycles. The lowest BCUT2D eigenvalue weighted by Crippen LogP contribution is -2.16. The Bertz CT molecular complexity index is 592. The van der Waals surface area contributed by atoms with Crippen LogP contribution < -0.4 is 10.5 Å². The number of azo groups is 1. The van der Waals surface area contributed by atoms with Gasteiger partial charge in [-0.3, -0.25) is 0 Å². The highest BCUT2D eigenvalue weighted by Crippen LogP contribution is 2.26. The van der Waals surface area contributed by atoms with Crippen LogP contribution in [-0.4, -0.2) is 6.36 Å². The van der Waals surface area contributed by atoms with Crippen LogP contribution in [0.1, 0.15) is 0 Å². The maximum atomic E-state index is 12.0. The van der Waals surface area contributed by atoms with Crippen LogP contribution in [0.3, 0.4) is 0 Å². The zero-order valence-electron chi connectivity index (χ0n) is 10.1. The largest absolute Gasteiger partial charge is 0.573 e. The normalized spacial score (nSPS) is 11.8. The second-order valence-electron chi connectivity index (χ2n) is 3.83. The quantitative estimate of drug-likeness (QED) is 0.661. The minimum Gasteiger partial charge on any atom is -0.406 e. The molecule has 0 fully saturated rings. The molecule has 104 valence electrons. The van der Waals surface area contributed by atoms with Crippen LogP contribution in [0.4, 0.5) is 30.2 Å². The Morgan fingerprint density at radius 2 is 1.25 bits per heavy atom. The van der Waals surface area contributed by atoms with E-state index in [0.717, 1.165) is 0 Å². The monoisotopic (exact) mass is 281 g/mol. The SMILES string of the molecule is Nc1ccc(N=Nc2ccc(OC(F)(F)F)cc2)cc1. The van der Waals surface area contributed by atoms with Gasteiger partial charge in [-0.05, 0) is 48.5 Å². The third-order valence-electron chi connectivity index (χ3n) is 2.24. The number of rotatable bonds is 3. The molecule has 2 rings (SSSR count). The van der Waals surface area contributed by atoms with Crippen LogP contribution in [0.5, 0.6) is 5.75 Å². The summed E-state index contributed by atoms with van der Waals surface area (Å²) in [4.78, 5) is 0. The molecule has 7 heteroatoms. The van der Waals surface area contributed by atoms with Crippen molar-refractivity contribution in [2.45, 2.75) is 6.36 Å². The zero-order valence-corrected chi connectivity index (χ0v) is 10.1. The predicted molar refractivity (Wildman–Crippen MR) is 68.2 cm³/mol. The van der Waals surface area contributed by atoms with Crippen molar-refractivity contribution in [2.75, 3.05) is 5.73 Å². The number of anilines is 1. The van der Waals surface area contributed by atoms with Gasteiger partial charge in [-0.1, -0.05) is 0 Å². The lowest BCUT2D eigenvalue weighted by Gasteiger charge is -2.07. The molecule has 0 spiro atoms. The average Bonchev–Trinajstić information content (AvgIpc) is 2.38. The smallest absolute Gasteiger partial charge is 0.406 e. The van der Waals surface area contributed by atoms with Gasteiger partial charge in [0.25, 0.3) is 0 Å². The Balaban J connectivity index is 2.05. The highest BCUT2D eigenvalue weighted by Gasteiger charge is 2.30. The van der Waals surface area contributed by atoms with Gasteiger partial charge in [0.1, 0.15) is 5.75 Å². The van der Waals surface area contributed by atoms with Gasteiger partial charge in [0, 0.05) is 5.69 Å². The van der Waals surface area contributed by atoms with Gasteiger partial charge in [0.05, 0.1) is 11.4 Å². The van der Waals surface area contributed by atoms with E-state index >= 15 is 0 Å². The highest BCUT2D eigenvalue weighted by molar-refractivity contribution is 5.48. The number of nitrogens with zero attached hydrogens (tertiary/aromatic N) is 2. The van der Waals surface area contributed by atoms with Crippen LogP contribution in [0.25, 0.3) is 0 Å². The molecular weight excluding hydrogens is 271 g/mol. The van der Waals surface area contributed by atoms with E-state index in [-0.39, 0.29) is 5.75 Å². The standard InChI is InChI=1S/C13H10F3N3O/c14-13(15,16)20-12-7-5-11(6-8-12)19-18-10-3-1-9(17)2-4-10/h1-8H,17H2. The van der Waals surface area contributed by atoms with Gasteiger partial charge in [-0.15, -0.1) is 13.2 Å². The Hall–Kier alpha value is -2.57. The van der Waals surface area contributed by atoms with E-state index in [1.165, 1.54) is 24.3 Å². The third kappa shape index (κ3) is 4.27. The van der Waals surface area contributed by atoms with E-state index in [9.17, 15) is 13.2 Å². The fourth-order valence-corrected chi connectivity index (χ4v) is 1.37. The Kier molecular flexibility index (Phi) is 3.88. The molecule has 0 aliphatic carbocycles. The minimum absolute atomic E-state index is 0.302. The molecule has 0 aromatic heterocycles. The van der Waals surface area contributed by atoms with Crippen molar-refractivity contribution in [3.05, 3.63) is 48.5 Å². The van der Waals surface area contributed by atoms with Crippen molar-refractivity contribution in [1.29, 1.82) is 0 Å². The van der Waals surface area contributed by atoms with Gasteiger partial charge in [0.2, 0.25) is 0 Å². The van der Waals surface area contributed by atoms with Gasteiger partial charge in [0.15, 0.2) is 0 Å². The fourth-order valence-electron chi connectivity index (χ4n) is 1.37. The van der Waals surface area contributed by atoms with E-state index in [0.29, 0.717) is 17.1 Å². The summed E-state index contributed by atoms with van der Waals surface area (Å²) < 4.78 is 39.7. The molecular formula is C13H10F3N3O. The Labute approximate surface area is 112 Å². The first kappa shape index (κ1) is 13.9. The topological polar surface area (TPSA) is 60.0 Å². The maximum Gasteiger partial charge on any atom is 0.573 e. The Morgan fingerprint density at radius 3 is 1.70 bits per heavy atom. The van der Waals surface area contributed by atoms with Crippen molar-refractivity contribution < 1.29 is 17.9 Å². The van der Waals surface area contributed by atoms with Crippen molar-refractivity contribution in [3.63, 3.8) is 0 Å². The molecule has 0 bridgehead atoms. The van der Waals surface area contributed by atoms with Crippen LogP contribution in [0, 0.1) is 0 Å². The fraction of sp³-hybridized carbons (Fsp3) is 0.0769.